The fraction of sp³-hybridized carbons (Fsp3) is 0.105. The Hall–Kier alpha value is -3.13. The zero-order chi connectivity index (χ0) is 19.3. The Kier molecular flexibility index (Phi) is 5.56. The zero-order valence-corrected chi connectivity index (χ0v) is 15.3. The summed E-state index contributed by atoms with van der Waals surface area (Å²) in [6.07, 6.45) is 1.51. The molecule has 1 heterocycles. The lowest BCUT2D eigenvalue weighted by molar-refractivity contribution is 0.342. The highest BCUT2D eigenvalue weighted by Crippen LogP contribution is 2.27. The first-order valence-electron chi connectivity index (χ1n) is 8.21. The molecule has 0 saturated heterocycles. The second-order valence-corrected chi connectivity index (χ2v) is 7.23. The monoisotopic (exact) mass is 387 g/mol. The molecule has 0 amide bonds. The van der Waals surface area contributed by atoms with E-state index in [2.05, 4.69) is 15.0 Å². The van der Waals surface area contributed by atoms with Crippen LogP contribution in [0.1, 0.15) is 6.92 Å². The smallest absolute Gasteiger partial charge is 0.263 e. The normalized spacial score (nSPS) is 11.0. The number of nitrogens with one attached hydrogen (secondary N) is 2. The van der Waals surface area contributed by atoms with Crippen molar-refractivity contribution in [2.45, 2.75) is 11.8 Å². The minimum Gasteiger partial charge on any atom is -0.492 e. The maximum atomic E-state index is 13.0. The van der Waals surface area contributed by atoms with E-state index in [1.807, 2.05) is 31.2 Å². The van der Waals surface area contributed by atoms with Crippen LogP contribution in [0.4, 0.5) is 21.6 Å². The summed E-state index contributed by atoms with van der Waals surface area (Å²) in [7, 11) is -3.84. The van der Waals surface area contributed by atoms with Gasteiger partial charge in [0.15, 0.2) is 0 Å². The number of ether oxygens (including phenoxy) is 1. The Labute approximate surface area is 157 Å². The molecule has 0 spiro atoms. The van der Waals surface area contributed by atoms with E-state index in [1.54, 1.807) is 6.07 Å². The van der Waals surface area contributed by atoms with E-state index < -0.39 is 15.8 Å². The Bertz CT molecular complexity index is 1010. The highest BCUT2D eigenvalue weighted by atomic mass is 32.2. The van der Waals surface area contributed by atoms with Crippen LogP contribution in [0.5, 0.6) is 5.75 Å². The van der Waals surface area contributed by atoms with Gasteiger partial charge >= 0.3 is 0 Å². The van der Waals surface area contributed by atoms with Crippen LogP contribution < -0.4 is 14.8 Å². The Morgan fingerprint density at radius 1 is 1.04 bits per heavy atom. The molecule has 0 bridgehead atoms. The number of benzene rings is 2. The summed E-state index contributed by atoms with van der Waals surface area (Å²) in [6, 6.07) is 15.3. The van der Waals surface area contributed by atoms with E-state index in [0.29, 0.717) is 18.0 Å². The van der Waals surface area contributed by atoms with Crippen molar-refractivity contribution in [1.82, 2.24) is 4.98 Å². The van der Waals surface area contributed by atoms with Gasteiger partial charge in [-0.25, -0.2) is 17.8 Å². The van der Waals surface area contributed by atoms with E-state index in [-0.39, 0.29) is 10.7 Å². The van der Waals surface area contributed by atoms with Gasteiger partial charge in [0.25, 0.3) is 10.0 Å². The maximum Gasteiger partial charge on any atom is 0.263 e. The molecule has 0 aliphatic rings. The number of hydrogen-bond donors (Lipinski definition) is 2. The molecule has 3 rings (SSSR count). The Morgan fingerprint density at radius 3 is 2.44 bits per heavy atom. The number of halogens is 1. The molecule has 0 unspecified atom stereocenters. The van der Waals surface area contributed by atoms with Crippen molar-refractivity contribution in [2.75, 3.05) is 16.6 Å². The van der Waals surface area contributed by atoms with Crippen LogP contribution >= 0.6 is 0 Å². The largest absolute Gasteiger partial charge is 0.492 e. The lowest BCUT2D eigenvalue weighted by atomic mass is 10.2. The summed E-state index contributed by atoms with van der Waals surface area (Å²) in [6.45, 7) is 2.45. The van der Waals surface area contributed by atoms with Crippen LogP contribution in [0.15, 0.2) is 71.8 Å². The number of para-hydroxylation sites is 2. The number of hydrogen-bond acceptors (Lipinski definition) is 5. The lowest BCUT2D eigenvalue weighted by Gasteiger charge is -2.12. The first-order valence-corrected chi connectivity index (χ1v) is 9.69. The van der Waals surface area contributed by atoms with Gasteiger partial charge in [0, 0.05) is 0 Å². The number of sulfonamides is 1. The van der Waals surface area contributed by atoms with Crippen molar-refractivity contribution >= 4 is 27.2 Å². The summed E-state index contributed by atoms with van der Waals surface area (Å²) in [5.41, 5.74) is 1.45. The highest BCUT2D eigenvalue weighted by Gasteiger charge is 2.14. The van der Waals surface area contributed by atoms with E-state index in [4.69, 9.17) is 4.74 Å². The van der Waals surface area contributed by atoms with Crippen LogP contribution in [-0.2, 0) is 10.0 Å². The van der Waals surface area contributed by atoms with Gasteiger partial charge in [0.05, 0.1) is 29.1 Å². The van der Waals surface area contributed by atoms with Crippen LogP contribution in [0.25, 0.3) is 0 Å². The maximum absolute atomic E-state index is 13.0. The van der Waals surface area contributed by atoms with Crippen LogP contribution in [0, 0.1) is 5.82 Å². The van der Waals surface area contributed by atoms with Gasteiger partial charge in [0.1, 0.15) is 17.4 Å². The van der Waals surface area contributed by atoms with Gasteiger partial charge in [0.2, 0.25) is 0 Å². The molecule has 2 N–H and O–H groups in total. The predicted octanol–water partition coefficient (Wildman–Crippen LogP) is 4.16. The van der Waals surface area contributed by atoms with Crippen molar-refractivity contribution in [3.05, 3.63) is 72.7 Å². The summed E-state index contributed by atoms with van der Waals surface area (Å²) in [4.78, 5) is 4.07. The van der Waals surface area contributed by atoms with Crippen molar-refractivity contribution in [3.63, 3.8) is 0 Å². The molecule has 140 valence electrons. The number of anilines is 3. The highest BCUT2D eigenvalue weighted by molar-refractivity contribution is 7.92. The SMILES string of the molecule is CCOc1ccccc1Nc1ccc(NS(=O)(=O)c2ccc(F)cc2)nc1. The van der Waals surface area contributed by atoms with Gasteiger partial charge in [-0.1, -0.05) is 12.1 Å². The third-order valence-electron chi connectivity index (χ3n) is 3.59. The number of nitrogens with zero attached hydrogens (tertiary/aromatic N) is 1. The summed E-state index contributed by atoms with van der Waals surface area (Å²) < 4.78 is 45.5. The van der Waals surface area contributed by atoms with E-state index in [0.717, 1.165) is 17.8 Å². The molecule has 27 heavy (non-hydrogen) atoms. The first kappa shape index (κ1) is 18.7. The summed E-state index contributed by atoms with van der Waals surface area (Å²) in [5.74, 6) is 0.360. The molecular weight excluding hydrogens is 369 g/mol. The zero-order valence-electron chi connectivity index (χ0n) is 14.5. The van der Waals surface area contributed by atoms with Crippen LogP contribution in [0.2, 0.25) is 0 Å². The molecule has 0 aliphatic heterocycles. The van der Waals surface area contributed by atoms with Crippen molar-refractivity contribution < 1.29 is 17.5 Å². The minimum absolute atomic E-state index is 0.0430. The molecule has 2 aromatic carbocycles. The molecule has 3 aromatic rings. The third kappa shape index (κ3) is 4.73. The number of aromatic nitrogens is 1. The molecule has 0 saturated carbocycles. The van der Waals surface area contributed by atoms with Gasteiger partial charge in [-0.15, -0.1) is 0 Å². The average molecular weight is 387 g/mol. The molecule has 0 aliphatic carbocycles. The molecule has 0 atom stereocenters. The molecule has 6 nitrogen and oxygen atoms in total. The minimum atomic E-state index is -3.84. The standard InChI is InChI=1S/C19H18FN3O3S/c1-2-26-18-6-4-3-5-17(18)22-15-9-12-19(21-13-15)23-27(24,25)16-10-7-14(20)8-11-16/h3-13,22H,2H2,1H3,(H,21,23). The second kappa shape index (κ2) is 8.05. The molecule has 0 fully saturated rings. The van der Waals surface area contributed by atoms with Crippen molar-refractivity contribution in [3.8, 4) is 5.75 Å². The lowest BCUT2D eigenvalue weighted by Crippen LogP contribution is -2.13. The predicted molar refractivity (Wildman–Crippen MR) is 102 cm³/mol. The van der Waals surface area contributed by atoms with Gasteiger partial charge in [-0.3, -0.25) is 4.72 Å². The van der Waals surface area contributed by atoms with Crippen LogP contribution in [0.3, 0.4) is 0 Å². The quantitative estimate of drug-likeness (QED) is 0.636. The fourth-order valence-corrected chi connectivity index (χ4v) is 3.35. The average Bonchev–Trinajstić information content (AvgIpc) is 2.65. The molecule has 1 aromatic heterocycles. The second-order valence-electron chi connectivity index (χ2n) is 5.55. The molecule has 8 heteroatoms. The van der Waals surface area contributed by atoms with Gasteiger partial charge in [-0.05, 0) is 55.5 Å². The molecule has 0 radical (unpaired) electrons. The van der Waals surface area contributed by atoms with E-state index in [9.17, 15) is 12.8 Å². The van der Waals surface area contributed by atoms with Gasteiger partial charge in [-0.2, -0.15) is 0 Å². The Morgan fingerprint density at radius 2 is 1.78 bits per heavy atom. The number of rotatable bonds is 7. The molecular formula is C19H18FN3O3S. The van der Waals surface area contributed by atoms with E-state index >= 15 is 0 Å². The first-order chi connectivity index (χ1) is 13.0. The topological polar surface area (TPSA) is 80.3 Å². The summed E-state index contributed by atoms with van der Waals surface area (Å²) in [5, 5.41) is 3.18. The van der Waals surface area contributed by atoms with Gasteiger partial charge < -0.3 is 10.1 Å². The fourth-order valence-electron chi connectivity index (χ4n) is 2.35. The van der Waals surface area contributed by atoms with E-state index in [1.165, 1.54) is 24.4 Å². The third-order valence-corrected chi connectivity index (χ3v) is 4.96. The Balaban J connectivity index is 1.73. The number of pyridine rings is 1. The van der Waals surface area contributed by atoms with Crippen molar-refractivity contribution in [1.29, 1.82) is 0 Å². The van der Waals surface area contributed by atoms with Crippen molar-refractivity contribution in [2.24, 2.45) is 0 Å². The summed E-state index contributed by atoms with van der Waals surface area (Å²) >= 11 is 0. The van der Waals surface area contributed by atoms with Crippen LogP contribution in [-0.4, -0.2) is 20.0 Å².